The van der Waals surface area contributed by atoms with Gasteiger partial charge in [-0.2, -0.15) is 0 Å². The SMILES string of the molecule is CCOc1cccc2c1OC1(C)C(C(=O)OC)C2NC(=S)N1c1ccc(C(C)C)cc1. The zero-order valence-corrected chi connectivity index (χ0v) is 19.3. The summed E-state index contributed by atoms with van der Waals surface area (Å²) in [5.74, 6) is 0.673. The van der Waals surface area contributed by atoms with Crippen LogP contribution >= 0.6 is 12.2 Å². The minimum atomic E-state index is -1.10. The number of para-hydroxylation sites is 1. The number of fused-ring (bicyclic) bond motifs is 4. The van der Waals surface area contributed by atoms with Crippen LogP contribution in [0.5, 0.6) is 11.5 Å². The molecule has 31 heavy (non-hydrogen) atoms. The van der Waals surface area contributed by atoms with E-state index in [-0.39, 0.29) is 12.0 Å². The summed E-state index contributed by atoms with van der Waals surface area (Å²) in [5.41, 5.74) is 1.80. The molecular formula is C24H28N2O4S. The van der Waals surface area contributed by atoms with Crippen LogP contribution < -0.4 is 19.7 Å². The van der Waals surface area contributed by atoms with Gasteiger partial charge in [0.1, 0.15) is 5.92 Å². The maximum atomic E-state index is 13.0. The Hall–Kier alpha value is -2.80. The molecule has 6 nitrogen and oxygen atoms in total. The number of thiocarbonyl (C=S) groups is 1. The average molecular weight is 441 g/mol. The van der Waals surface area contributed by atoms with Crippen molar-refractivity contribution in [2.45, 2.75) is 45.4 Å². The standard InChI is InChI=1S/C24H28N2O4S/c1-6-29-18-9-7-8-17-20-19(22(27)28-5)24(4,30-21(17)18)26(23(31)25-20)16-12-10-15(11-13-16)14(2)3/h7-14,19-20H,6H2,1-5H3,(H,25,31). The summed E-state index contributed by atoms with van der Waals surface area (Å²) >= 11 is 5.76. The third kappa shape index (κ3) is 3.41. The van der Waals surface area contributed by atoms with Crippen LogP contribution in [0.2, 0.25) is 0 Å². The van der Waals surface area contributed by atoms with E-state index < -0.39 is 11.6 Å². The third-order valence-corrected chi connectivity index (χ3v) is 6.36. The molecular weight excluding hydrogens is 412 g/mol. The van der Waals surface area contributed by atoms with Crippen LogP contribution in [-0.2, 0) is 9.53 Å². The van der Waals surface area contributed by atoms with E-state index in [0.29, 0.717) is 29.1 Å². The highest BCUT2D eigenvalue weighted by molar-refractivity contribution is 7.80. The minimum Gasteiger partial charge on any atom is -0.490 e. The van der Waals surface area contributed by atoms with Gasteiger partial charge in [-0.05, 0) is 55.7 Å². The second-order valence-electron chi connectivity index (χ2n) is 8.27. The van der Waals surface area contributed by atoms with Crippen LogP contribution in [0.15, 0.2) is 42.5 Å². The molecule has 0 aliphatic carbocycles. The highest BCUT2D eigenvalue weighted by Crippen LogP contribution is 2.52. The number of carbonyl (C=O) groups is 1. The predicted molar refractivity (Wildman–Crippen MR) is 124 cm³/mol. The lowest BCUT2D eigenvalue weighted by Crippen LogP contribution is -2.71. The molecule has 2 aromatic rings. The van der Waals surface area contributed by atoms with Gasteiger partial charge in [0.05, 0.1) is 19.8 Å². The zero-order valence-electron chi connectivity index (χ0n) is 18.5. The Morgan fingerprint density at radius 1 is 1.26 bits per heavy atom. The molecule has 3 unspecified atom stereocenters. The molecule has 3 atom stereocenters. The first-order valence-corrected chi connectivity index (χ1v) is 11.0. The van der Waals surface area contributed by atoms with Gasteiger partial charge in [0.25, 0.3) is 0 Å². The Balaban J connectivity index is 1.87. The number of carbonyl (C=O) groups excluding carboxylic acids is 1. The first kappa shape index (κ1) is 21.4. The number of nitrogens with zero attached hydrogens (tertiary/aromatic N) is 1. The Morgan fingerprint density at radius 2 is 1.97 bits per heavy atom. The fourth-order valence-corrected chi connectivity index (χ4v) is 4.94. The van der Waals surface area contributed by atoms with Gasteiger partial charge < -0.3 is 19.5 Å². The summed E-state index contributed by atoms with van der Waals surface area (Å²) in [7, 11) is 1.40. The summed E-state index contributed by atoms with van der Waals surface area (Å²) < 4.78 is 17.6. The molecule has 2 aromatic carbocycles. The van der Waals surface area contributed by atoms with Crippen molar-refractivity contribution >= 4 is 29.0 Å². The number of ether oxygens (including phenoxy) is 3. The van der Waals surface area contributed by atoms with Gasteiger partial charge in [-0.1, -0.05) is 38.1 Å². The van der Waals surface area contributed by atoms with Crippen molar-refractivity contribution in [3.63, 3.8) is 0 Å². The molecule has 0 amide bonds. The molecule has 0 aromatic heterocycles. The Bertz CT molecular complexity index is 1010. The van der Waals surface area contributed by atoms with Gasteiger partial charge in [-0.15, -0.1) is 0 Å². The van der Waals surface area contributed by atoms with E-state index in [0.717, 1.165) is 11.3 Å². The Labute approximate surface area is 188 Å². The zero-order chi connectivity index (χ0) is 22.3. The highest BCUT2D eigenvalue weighted by Gasteiger charge is 2.60. The molecule has 164 valence electrons. The van der Waals surface area contributed by atoms with Gasteiger partial charge in [0.2, 0.25) is 5.72 Å². The summed E-state index contributed by atoms with van der Waals surface area (Å²) in [4.78, 5) is 14.9. The smallest absolute Gasteiger partial charge is 0.317 e. The van der Waals surface area contributed by atoms with E-state index in [4.69, 9.17) is 26.4 Å². The highest BCUT2D eigenvalue weighted by atomic mass is 32.1. The number of esters is 1. The first-order chi connectivity index (χ1) is 14.8. The van der Waals surface area contributed by atoms with E-state index in [1.165, 1.54) is 12.7 Å². The monoisotopic (exact) mass is 440 g/mol. The maximum absolute atomic E-state index is 13.0. The predicted octanol–water partition coefficient (Wildman–Crippen LogP) is 4.54. The lowest BCUT2D eigenvalue weighted by atomic mass is 9.79. The van der Waals surface area contributed by atoms with Gasteiger partial charge in [0, 0.05) is 11.3 Å². The molecule has 1 N–H and O–H groups in total. The fourth-order valence-electron chi connectivity index (χ4n) is 4.52. The van der Waals surface area contributed by atoms with Gasteiger partial charge >= 0.3 is 5.97 Å². The summed E-state index contributed by atoms with van der Waals surface area (Å²) in [6, 6.07) is 13.5. The topological polar surface area (TPSA) is 60.0 Å². The fraction of sp³-hybridized carbons (Fsp3) is 0.417. The molecule has 2 aliphatic rings. The summed E-state index contributed by atoms with van der Waals surface area (Å²) in [6.07, 6.45) is 0. The quantitative estimate of drug-likeness (QED) is 0.541. The molecule has 1 fully saturated rings. The minimum absolute atomic E-state index is 0.362. The Kier molecular flexibility index (Phi) is 5.56. The molecule has 2 aliphatic heterocycles. The first-order valence-electron chi connectivity index (χ1n) is 10.5. The van der Waals surface area contributed by atoms with E-state index in [2.05, 4.69) is 31.3 Å². The van der Waals surface area contributed by atoms with E-state index in [1.807, 2.05) is 49.1 Å². The van der Waals surface area contributed by atoms with Crippen molar-refractivity contribution in [1.29, 1.82) is 0 Å². The Morgan fingerprint density at radius 3 is 2.58 bits per heavy atom. The molecule has 0 saturated carbocycles. The van der Waals surface area contributed by atoms with Crippen LogP contribution in [0, 0.1) is 5.92 Å². The van der Waals surface area contributed by atoms with Gasteiger partial charge in [-0.3, -0.25) is 9.69 Å². The molecule has 0 spiro atoms. The third-order valence-electron chi connectivity index (χ3n) is 6.06. The molecule has 2 bridgehead atoms. The number of hydrogen-bond donors (Lipinski definition) is 1. The van der Waals surface area contributed by atoms with Gasteiger partial charge in [-0.25, -0.2) is 0 Å². The number of benzene rings is 2. The maximum Gasteiger partial charge on any atom is 0.317 e. The number of rotatable bonds is 5. The molecule has 0 radical (unpaired) electrons. The largest absolute Gasteiger partial charge is 0.490 e. The summed E-state index contributed by atoms with van der Waals surface area (Å²) in [5, 5.41) is 3.87. The van der Waals surface area contributed by atoms with Crippen LogP contribution in [0.3, 0.4) is 0 Å². The van der Waals surface area contributed by atoms with Crippen molar-refractivity contribution in [3.8, 4) is 11.5 Å². The second kappa shape index (κ2) is 8.04. The van der Waals surface area contributed by atoms with Gasteiger partial charge in [0.15, 0.2) is 16.6 Å². The second-order valence-corrected chi connectivity index (χ2v) is 8.66. The van der Waals surface area contributed by atoms with Crippen LogP contribution in [0.4, 0.5) is 5.69 Å². The number of hydrogen-bond acceptors (Lipinski definition) is 5. The normalized spacial score (nSPS) is 24.2. The van der Waals surface area contributed by atoms with Crippen LogP contribution in [0.1, 0.15) is 50.8 Å². The number of methoxy groups -OCH3 is 1. The van der Waals surface area contributed by atoms with E-state index >= 15 is 0 Å². The molecule has 1 saturated heterocycles. The average Bonchev–Trinajstić information content (AvgIpc) is 2.74. The van der Waals surface area contributed by atoms with E-state index in [9.17, 15) is 4.79 Å². The van der Waals surface area contributed by atoms with Crippen molar-refractivity contribution < 1.29 is 19.0 Å². The van der Waals surface area contributed by atoms with Crippen molar-refractivity contribution in [1.82, 2.24) is 5.32 Å². The van der Waals surface area contributed by atoms with E-state index in [1.54, 1.807) is 0 Å². The van der Waals surface area contributed by atoms with Crippen LogP contribution in [0.25, 0.3) is 0 Å². The van der Waals surface area contributed by atoms with Crippen molar-refractivity contribution in [2.24, 2.45) is 5.92 Å². The number of anilines is 1. The molecule has 2 heterocycles. The van der Waals surface area contributed by atoms with Crippen molar-refractivity contribution in [3.05, 3.63) is 53.6 Å². The molecule has 4 rings (SSSR count). The lowest BCUT2D eigenvalue weighted by molar-refractivity contribution is -0.157. The number of nitrogens with one attached hydrogen (secondary N) is 1. The summed E-state index contributed by atoms with van der Waals surface area (Å²) in [6.45, 7) is 8.62. The van der Waals surface area contributed by atoms with Crippen molar-refractivity contribution in [2.75, 3.05) is 18.6 Å². The molecule has 7 heteroatoms. The lowest BCUT2D eigenvalue weighted by Gasteiger charge is -2.55. The van der Waals surface area contributed by atoms with Crippen LogP contribution in [-0.4, -0.2) is 30.5 Å².